The van der Waals surface area contributed by atoms with Gasteiger partial charge in [-0.05, 0) is 41.8 Å². The molecule has 1 saturated carbocycles. The fraction of sp³-hybridized carbons (Fsp3) is 0.600. The minimum atomic E-state index is -0.00910. The monoisotopic (exact) mass is 340 g/mol. The average molecular weight is 341 g/mol. The molecule has 1 aromatic rings. The van der Waals surface area contributed by atoms with Gasteiger partial charge in [-0.3, -0.25) is 4.79 Å². The summed E-state index contributed by atoms with van der Waals surface area (Å²) in [5.74, 6) is 0.633. The summed E-state index contributed by atoms with van der Waals surface area (Å²) in [5.41, 5.74) is 0.441. The lowest BCUT2D eigenvalue weighted by atomic mass is 9.94. The lowest BCUT2D eigenvalue weighted by Gasteiger charge is -2.33. The number of ether oxygens (including phenoxy) is 1. The zero-order valence-corrected chi connectivity index (χ0v) is 13.6. The van der Waals surface area contributed by atoms with Crippen molar-refractivity contribution in [2.75, 3.05) is 13.7 Å². The number of carbonyl (C=O) groups is 1. The van der Waals surface area contributed by atoms with E-state index < -0.39 is 0 Å². The van der Waals surface area contributed by atoms with Crippen LogP contribution in [0.3, 0.4) is 0 Å². The van der Waals surface area contributed by atoms with Crippen molar-refractivity contribution in [3.05, 3.63) is 22.4 Å². The van der Waals surface area contributed by atoms with Gasteiger partial charge in [0.25, 0.3) is 5.91 Å². The molecule has 20 heavy (non-hydrogen) atoms. The average Bonchev–Trinajstić information content (AvgIpc) is 2.49. The van der Waals surface area contributed by atoms with Gasteiger partial charge in [-0.1, -0.05) is 19.3 Å². The Morgan fingerprint density at radius 3 is 2.75 bits per heavy atom. The molecular formula is C15H21BrN2O2. The van der Waals surface area contributed by atoms with Gasteiger partial charge in [-0.25, -0.2) is 4.98 Å². The molecule has 0 atom stereocenters. The molecule has 0 aliphatic heterocycles. The molecule has 1 aliphatic carbocycles. The molecular weight excluding hydrogens is 320 g/mol. The third kappa shape index (κ3) is 3.14. The van der Waals surface area contributed by atoms with Crippen LogP contribution in [0.15, 0.2) is 16.7 Å². The highest BCUT2D eigenvalue weighted by Crippen LogP contribution is 2.29. The molecule has 0 unspecified atom stereocenters. The Morgan fingerprint density at radius 2 is 2.15 bits per heavy atom. The number of rotatable bonds is 4. The number of carbonyl (C=O) groups excluding carboxylic acids is 1. The Balaban J connectivity index is 2.24. The highest BCUT2D eigenvalue weighted by molar-refractivity contribution is 9.10. The van der Waals surface area contributed by atoms with Crippen LogP contribution in [0.2, 0.25) is 0 Å². The van der Waals surface area contributed by atoms with Gasteiger partial charge in [0.15, 0.2) is 0 Å². The maximum absolute atomic E-state index is 12.7. The largest absolute Gasteiger partial charge is 0.495 e. The smallest absolute Gasteiger partial charge is 0.274 e. The fourth-order valence-corrected chi connectivity index (χ4v) is 3.40. The molecule has 1 heterocycles. The Bertz CT molecular complexity index is 473. The van der Waals surface area contributed by atoms with Crippen molar-refractivity contribution in [3.63, 3.8) is 0 Å². The van der Waals surface area contributed by atoms with Gasteiger partial charge >= 0.3 is 0 Å². The van der Waals surface area contributed by atoms with E-state index in [1.807, 2.05) is 11.8 Å². The van der Waals surface area contributed by atoms with Crippen LogP contribution in [0.5, 0.6) is 5.75 Å². The summed E-state index contributed by atoms with van der Waals surface area (Å²) in [6, 6.07) is 2.10. The van der Waals surface area contributed by atoms with Crippen LogP contribution in [0.4, 0.5) is 0 Å². The SMILES string of the molecule is CCN(C(=O)c1nccc(OC)c1Br)C1CCCCC1. The van der Waals surface area contributed by atoms with Crippen LogP contribution in [0.1, 0.15) is 49.5 Å². The zero-order valence-electron chi connectivity index (χ0n) is 12.1. The summed E-state index contributed by atoms with van der Waals surface area (Å²) in [6.07, 6.45) is 7.51. The van der Waals surface area contributed by atoms with Crippen molar-refractivity contribution in [2.45, 2.75) is 45.1 Å². The topological polar surface area (TPSA) is 42.4 Å². The molecule has 0 radical (unpaired) electrons. The lowest BCUT2D eigenvalue weighted by molar-refractivity contribution is 0.0640. The molecule has 5 heteroatoms. The normalized spacial score (nSPS) is 15.9. The molecule has 110 valence electrons. The highest BCUT2D eigenvalue weighted by Gasteiger charge is 2.27. The van der Waals surface area contributed by atoms with E-state index in [4.69, 9.17) is 4.74 Å². The predicted octanol–water partition coefficient (Wildman–Crippen LogP) is 3.65. The van der Waals surface area contributed by atoms with Crippen LogP contribution in [-0.4, -0.2) is 35.5 Å². The first kappa shape index (κ1) is 15.3. The molecule has 4 nitrogen and oxygen atoms in total. The van der Waals surface area contributed by atoms with Crippen molar-refractivity contribution in [1.29, 1.82) is 0 Å². The number of hydrogen-bond acceptors (Lipinski definition) is 3. The van der Waals surface area contributed by atoms with Crippen molar-refractivity contribution < 1.29 is 9.53 Å². The van der Waals surface area contributed by atoms with E-state index in [1.165, 1.54) is 19.3 Å². The van der Waals surface area contributed by atoms with Crippen LogP contribution in [-0.2, 0) is 0 Å². The molecule has 1 fully saturated rings. The van der Waals surface area contributed by atoms with Crippen molar-refractivity contribution in [2.24, 2.45) is 0 Å². The molecule has 0 bridgehead atoms. The van der Waals surface area contributed by atoms with E-state index in [2.05, 4.69) is 20.9 Å². The van der Waals surface area contributed by atoms with E-state index in [1.54, 1.807) is 19.4 Å². The maximum Gasteiger partial charge on any atom is 0.274 e. The van der Waals surface area contributed by atoms with Crippen LogP contribution in [0.25, 0.3) is 0 Å². The van der Waals surface area contributed by atoms with Crippen molar-refractivity contribution in [3.8, 4) is 5.75 Å². The standard InChI is InChI=1S/C15H21BrN2O2/c1-3-18(11-7-5-4-6-8-11)15(19)14-13(16)12(20-2)9-10-17-14/h9-11H,3-8H2,1-2H3. The number of pyridine rings is 1. The first-order valence-corrected chi connectivity index (χ1v) is 7.97. The van der Waals surface area contributed by atoms with Gasteiger partial charge in [0, 0.05) is 18.8 Å². The Kier molecular flexibility index (Phi) is 5.40. The summed E-state index contributed by atoms with van der Waals surface area (Å²) in [5, 5.41) is 0. The second-order valence-electron chi connectivity index (χ2n) is 5.06. The Labute approximate surface area is 128 Å². The second-order valence-corrected chi connectivity index (χ2v) is 5.85. The zero-order chi connectivity index (χ0) is 14.5. The van der Waals surface area contributed by atoms with E-state index in [0.29, 0.717) is 22.0 Å². The number of methoxy groups -OCH3 is 1. The summed E-state index contributed by atoms with van der Waals surface area (Å²) < 4.78 is 5.88. The molecule has 1 aromatic heterocycles. The maximum atomic E-state index is 12.7. The lowest BCUT2D eigenvalue weighted by Crippen LogP contribution is -2.41. The number of aromatic nitrogens is 1. The van der Waals surface area contributed by atoms with Gasteiger partial charge in [0.1, 0.15) is 11.4 Å². The Hall–Kier alpha value is -1.10. The fourth-order valence-electron chi connectivity index (χ4n) is 2.83. The third-order valence-electron chi connectivity index (χ3n) is 3.89. The van der Waals surface area contributed by atoms with Gasteiger partial charge in [-0.15, -0.1) is 0 Å². The second kappa shape index (κ2) is 7.07. The molecule has 0 aromatic carbocycles. The minimum Gasteiger partial charge on any atom is -0.495 e. The summed E-state index contributed by atoms with van der Waals surface area (Å²) in [6.45, 7) is 2.75. The summed E-state index contributed by atoms with van der Waals surface area (Å²) in [4.78, 5) is 18.9. The first-order valence-electron chi connectivity index (χ1n) is 7.18. The summed E-state index contributed by atoms with van der Waals surface area (Å²) in [7, 11) is 1.59. The van der Waals surface area contributed by atoms with Crippen molar-refractivity contribution >= 4 is 21.8 Å². The molecule has 0 spiro atoms. The van der Waals surface area contributed by atoms with Gasteiger partial charge in [0.2, 0.25) is 0 Å². The van der Waals surface area contributed by atoms with E-state index in [-0.39, 0.29) is 5.91 Å². The van der Waals surface area contributed by atoms with Crippen molar-refractivity contribution in [1.82, 2.24) is 9.88 Å². The number of hydrogen-bond donors (Lipinski definition) is 0. The quantitative estimate of drug-likeness (QED) is 0.840. The number of halogens is 1. The van der Waals surface area contributed by atoms with E-state index >= 15 is 0 Å². The van der Waals surface area contributed by atoms with E-state index in [9.17, 15) is 4.79 Å². The Morgan fingerprint density at radius 1 is 1.45 bits per heavy atom. The third-order valence-corrected chi connectivity index (χ3v) is 4.66. The minimum absolute atomic E-state index is 0.00910. The molecule has 2 rings (SSSR count). The van der Waals surface area contributed by atoms with Crippen LogP contribution < -0.4 is 4.74 Å². The van der Waals surface area contributed by atoms with Gasteiger partial charge in [0.05, 0.1) is 11.6 Å². The van der Waals surface area contributed by atoms with Crippen LogP contribution in [0, 0.1) is 0 Å². The van der Waals surface area contributed by atoms with Gasteiger partial charge < -0.3 is 9.64 Å². The van der Waals surface area contributed by atoms with E-state index in [0.717, 1.165) is 19.4 Å². The highest BCUT2D eigenvalue weighted by atomic mass is 79.9. The molecule has 0 saturated heterocycles. The van der Waals surface area contributed by atoms with Crippen LogP contribution >= 0.6 is 15.9 Å². The molecule has 1 aliphatic rings. The number of amides is 1. The molecule has 1 amide bonds. The first-order chi connectivity index (χ1) is 9.69. The summed E-state index contributed by atoms with van der Waals surface area (Å²) >= 11 is 3.43. The van der Waals surface area contributed by atoms with Gasteiger partial charge in [-0.2, -0.15) is 0 Å². The molecule has 0 N–H and O–H groups in total. The predicted molar refractivity (Wildman–Crippen MR) is 82.1 cm³/mol. The number of nitrogens with zero attached hydrogens (tertiary/aromatic N) is 2.